The van der Waals surface area contributed by atoms with Gasteiger partial charge in [-0.1, -0.05) is 0 Å². The first kappa shape index (κ1) is 20.1. The third kappa shape index (κ3) is 9.90. The van der Waals surface area contributed by atoms with Crippen LogP contribution in [0, 0.1) is 0 Å². The third-order valence-electron chi connectivity index (χ3n) is 4.23. The Hall–Kier alpha value is 0.0787. The van der Waals surface area contributed by atoms with E-state index in [2.05, 4.69) is 44.9 Å². The van der Waals surface area contributed by atoms with Crippen LogP contribution in [0.2, 0.25) is 17.7 Å². The number of unbranched alkanes of at least 4 members (excludes halogenated alkanes) is 3. The zero-order valence-corrected chi connectivity index (χ0v) is 17.1. The van der Waals surface area contributed by atoms with E-state index in [0.29, 0.717) is 0 Å². The summed E-state index contributed by atoms with van der Waals surface area (Å²) < 4.78 is 6.27. The maximum atomic E-state index is 3.75. The molecule has 0 bridgehead atoms. The molecule has 0 aromatic heterocycles. The molecular weight excluding hydrogens is 349 g/mol. The van der Waals surface area contributed by atoms with Crippen LogP contribution in [0.1, 0.15) is 59.3 Å². The Morgan fingerprint density at radius 1 is 0.900 bits per heavy atom. The summed E-state index contributed by atoms with van der Waals surface area (Å²) in [5, 5.41) is 3.31. The minimum absolute atomic E-state index is 0.887. The molecule has 0 saturated heterocycles. The third-order valence-corrected chi connectivity index (χ3v) is 19.5. The molecule has 1 N–H and O–H groups in total. The predicted molar refractivity (Wildman–Crippen MR) is 97.0 cm³/mol. The van der Waals surface area contributed by atoms with Gasteiger partial charge in [0.25, 0.3) is 0 Å². The van der Waals surface area contributed by atoms with Crippen LogP contribution in [0.4, 0.5) is 0 Å². The van der Waals surface area contributed by atoms with E-state index in [1.165, 1.54) is 43.0 Å². The minimum atomic E-state index is -1.90. The maximum absolute atomic E-state index is 3.75. The van der Waals surface area contributed by atoms with E-state index in [4.69, 9.17) is 0 Å². The van der Waals surface area contributed by atoms with Crippen LogP contribution in [0.25, 0.3) is 0 Å². The molecular formula is C18H37NSn. The van der Waals surface area contributed by atoms with Crippen molar-refractivity contribution in [2.75, 3.05) is 6.54 Å². The second kappa shape index (κ2) is 14.0. The van der Waals surface area contributed by atoms with Crippen LogP contribution in [-0.4, -0.2) is 24.9 Å². The van der Waals surface area contributed by atoms with Gasteiger partial charge in [0.1, 0.15) is 0 Å². The summed E-state index contributed by atoms with van der Waals surface area (Å²) in [6.45, 7) is 11.7. The zero-order chi connectivity index (χ0) is 15.1. The normalized spacial score (nSPS) is 11.9. The van der Waals surface area contributed by atoms with E-state index in [9.17, 15) is 0 Å². The molecule has 0 unspecified atom stereocenters. The summed E-state index contributed by atoms with van der Waals surface area (Å²) in [6.07, 6.45) is 15.1. The van der Waals surface area contributed by atoms with Gasteiger partial charge in [-0.05, 0) is 0 Å². The standard InChI is InChI=1S/C6H10N.3C4H9.Sn/c1-3-5-7-6-4-2;3*1-3-4-2;/h3-5,7H,1-2,6H2;3*1,3-4H2,2H3;/b5-3-;;;;. The van der Waals surface area contributed by atoms with E-state index in [0.717, 1.165) is 6.54 Å². The molecule has 118 valence electrons. The first-order valence-corrected chi connectivity index (χ1v) is 16.8. The van der Waals surface area contributed by atoms with Crippen LogP contribution in [0.5, 0.6) is 0 Å². The molecule has 0 rings (SSSR count). The van der Waals surface area contributed by atoms with Crippen LogP contribution in [0.3, 0.4) is 0 Å². The first-order chi connectivity index (χ1) is 9.74. The fourth-order valence-corrected chi connectivity index (χ4v) is 18.0. The summed E-state index contributed by atoms with van der Waals surface area (Å²) in [5.74, 6) is 0. The van der Waals surface area contributed by atoms with Gasteiger partial charge in [-0.3, -0.25) is 0 Å². The van der Waals surface area contributed by atoms with E-state index in [1.54, 1.807) is 13.3 Å². The van der Waals surface area contributed by atoms with Gasteiger partial charge >= 0.3 is 132 Å². The van der Waals surface area contributed by atoms with Gasteiger partial charge in [0.2, 0.25) is 0 Å². The van der Waals surface area contributed by atoms with E-state index in [1.807, 2.05) is 6.08 Å². The van der Waals surface area contributed by atoms with Crippen LogP contribution >= 0.6 is 0 Å². The van der Waals surface area contributed by atoms with Gasteiger partial charge < -0.3 is 0 Å². The van der Waals surface area contributed by atoms with Crippen molar-refractivity contribution in [1.29, 1.82) is 0 Å². The molecule has 0 heterocycles. The molecule has 0 aliphatic carbocycles. The van der Waals surface area contributed by atoms with Gasteiger partial charge in [-0.15, -0.1) is 0 Å². The number of allylic oxidation sites excluding steroid dienone is 1. The van der Waals surface area contributed by atoms with E-state index >= 15 is 0 Å². The van der Waals surface area contributed by atoms with Crippen molar-refractivity contribution >= 4 is 18.4 Å². The van der Waals surface area contributed by atoms with Gasteiger partial charge in [0.15, 0.2) is 0 Å². The zero-order valence-electron chi connectivity index (χ0n) is 14.2. The van der Waals surface area contributed by atoms with Gasteiger partial charge in [-0.25, -0.2) is 0 Å². The average Bonchev–Trinajstić information content (AvgIpc) is 2.48. The molecule has 0 aliphatic heterocycles. The fraction of sp³-hybridized carbons (Fsp3) is 0.778. The van der Waals surface area contributed by atoms with Crippen molar-refractivity contribution in [1.82, 2.24) is 5.32 Å². The first-order valence-electron chi connectivity index (χ1n) is 8.74. The quantitative estimate of drug-likeness (QED) is 0.215. The Balaban J connectivity index is 4.56. The Labute approximate surface area is 132 Å². The van der Waals surface area contributed by atoms with Crippen LogP contribution in [-0.2, 0) is 0 Å². The molecule has 0 radical (unpaired) electrons. The van der Waals surface area contributed by atoms with Crippen LogP contribution < -0.4 is 5.32 Å². The Kier molecular flexibility index (Phi) is 14.1. The van der Waals surface area contributed by atoms with Crippen molar-refractivity contribution in [2.45, 2.75) is 77.0 Å². The SMILES string of the molecule is C=CCN/C=C\[CH2][Sn]([CH2]CCC)([CH2]CCC)[CH2]CCC. The fourth-order valence-electron chi connectivity index (χ4n) is 2.88. The molecule has 0 saturated carbocycles. The molecule has 0 amide bonds. The summed E-state index contributed by atoms with van der Waals surface area (Å²) in [6, 6.07) is 0. The van der Waals surface area contributed by atoms with Gasteiger partial charge in [0.05, 0.1) is 0 Å². The molecule has 20 heavy (non-hydrogen) atoms. The number of hydrogen-bond acceptors (Lipinski definition) is 1. The summed E-state index contributed by atoms with van der Waals surface area (Å²) in [7, 11) is 0. The van der Waals surface area contributed by atoms with E-state index in [-0.39, 0.29) is 0 Å². The Morgan fingerprint density at radius 3 is 1.80 bits per heavy atom. The second-order valence-electron chi connectivity index (χ2n) is 6.11. The molecule has 0 atom stereocenters. The van der Waals surface area contributed by atoms with Crippen molar-refractivity contribution in [3.63, 3.8) is 0 Å². The monoisotopic (exact) mass is 387 g/mol. The Morgan fingerprint density at radius 2 is 1.40 bits per heavy atom. The van der Waals surface area contributed by atoms with Gasteiger partial charge in [0, 0.05) is 0 Å². The topological polar surface area (TPSA) is 12.0 Å². The van der Waals surface area contributed by atoms with Crippen molar-refractivity contribution in [3.05, 3.63) is 24.9 Å². The molecule has 0 fully saturated rings. The molecule has 0 aromatic rings. The van der Waals surface area contributed by atoms with Crippen LogP contribution in [0.15, 0.2) is 24.9 Å². The number of rotatable bonds is 14. The summed E-state index contributed by atoms with van der Waals surface area (Å²) >= 11 is -1.90. The van der Waals surface area contributed by atoms with Gasteiger partial charge in [-0.2, -0.15) is 0 Å². The molecule has 0 aliphatic rings. The molecule has 2 heteroatoms. The molecule has 0 aromatic carbocycles. The Bertz CT molecular complexity index is 226. The average molecular weight is 386 g/mol. The van der Waals surface area contributed by atoms with Crippen molar-refractivity contribution < 1.29 is 0 Å². The number of nitrogens with one attached hydrogen (secondary N) is 1. The summed E-state index contributed by atoms with van der Waals surface area (Å²) in [5.41, 5.74) is 0. The second-order valence-corrected chi connectivity index (χ2v) is 20.1. The van der Waals surface area contributed by atoms with Crippen molar-refractivity contribution in [2.24, 2.45) is 0 Å². The predicted octanol–water partition coefficient (Wildman–Crippen LogP) is 6.12. The molecule has 1 nitrogen and oxygen atoms in total. The summed E-state index contributed by atoms with van der Waals surface area (Å²) in [4.78, 5) is 0. The van der Waals surface area contributed by atoms with Crippen molar-refractivity contribution in [3.8, 4) is 0 Å². The molecule has 0 spiro atoms. The number of hydrogen-bond donors (Lipinski definition) is 1. The van der Waals surface area contributed by atoms with E-state index < -0.39 is 18.4 Å².